The van der Waals surface area contributed by atoms with Crippen molar-refractivity contribution in [2.45, 2.75) is 64.2 Å². The van der Waals surface area contributed by atoms with Crippen LogP contribution in [0.1, 0.15) is 73.9 Å². The fourth-order valence-electron chi connectivity index (χ4n) is 3.29. The summed E-state index contributed by atoms with van der Waals surface area (Å²) in [6.07, 6.45) is 11.6. The van der Waals surface area contributed by atoms with E-state index in [2.05, 4.69) is 22.9 Å². The lowest BCUT2D eigenvalue weighted by molar-refractivity contribution is -0.140. The molecule has 2 rings (SSSR count). The summed E-state index contributed by atoms with van der Waals surface area (Å²) in [4.78, 5) is 21.8. The maximum atomic E-state index is 11.0. The summed E-state index contributed by atoms with van der Waals surface area (Å²) < 4.78 is 10.2. The molecule has 0 aliphatic heterocycles. The van der Waals surface area contributed by atoms with E-state index in [-0.39, 0.29) is 5.97 Å². The van der Waals surface area contributed by atoms with E-state index in [1.165, 1.54) is 44.8 Å². The van der Waals surface area contributed by atoms with Crippen molar-refractivity contribution in [3.8, 4) is 11.3 Å². The Hall–Kier alpha value is -2.36. The van der Waals surface area contributed by atoms with Crippen molar-refractivity contribution in [1.82, 2.24) is 0 Å². The van der Waals surface area contributed by atoms with Crippen molar-refractivity contribution in [2.24, 2.45) is 0 Å². The molecule has 2 aromatic rings. The first-order chi connectivity index (χ1) is 13.2. The number of carbonyl (C=O) groups is 2. The smallest absolute Gasteiger partial charge is 0.305 e. The molecule has 4 heteroatoms. The minimum atomic E-state index is -0.104. The molecule has 0 amide bonds. The molecule has 0 bridgehead atoms. The largest absolute Gasteiger partial charge is 0.469 e. The zero-order chi connectivity index (χ0) is 19.3. The van der Waals surface area contributed by atoms with Gasteiger partial charge in [0.15, 0.2) is 12.0 Å². The van der Waals surface area contributed by atoms with Crippen LogP contribution in [0.15, 0.2) is 40.8 Å². The molecule has 1 aromatic carbocycles. The molecule has 0 saturated heterocycles. The lowest BCUT2D eigenvalue weighted by atomic mass is 9.99. The lowest BCUT2D eigenvalue weighted by Crippen LogP contribution is -1.99. The molecule has 27 heavy (non-hydrogen) atoms. The van der Waals surface area contributed by atoms with E-state index in [1.54, 1.807) is 6.07 Å². The van der Waals surface area contributed by atoms with Crippen LogP contribution in [0.4, 0.5) is 0 Å². The number of benzene rings is 1. The first kappa shape index (κ1) is 20.9. The number of furan rings is 1. The molecule has 0 unspecified atom stereocenters. The van der Waals surface area contributed by atoms with E-state index in [9.17, 15) is 9.59 Å². The van der Waals surface area contributed by atoms with Crippen molar-refractivity contribution in [3.05, 3.63) is 47.7 Å². The number of methoxy groups -OCH3 is 1. The van der Waals surface area contributed by atoms with E-state index >= 15 is 0 Å². The zero-order valence-electron chi connectivity index (χ0n) is 16.2. The predicted octanol–water partition coefficient (Wildman–Crippen LogP) is 5.99. The molecule has 4 nitrogen and oxygen atoms in total. The normalized spacial score (nSPS) is 10.7. The molecule has 0 N–H and O–H groups in total. The number of unbranched alkanes of at least 4 members (excludes halogenated alkanes) is 7. The van der Waals surface area contributed by atoms with E-state index in [0.29, 0.717) is 12.2 Å². The molecule has 0 saturated carbocycles. The van der Waals surface area contributed by atoms with E-state index < -0.39 is 0 Å². The van der Waals surface area contributed by atoms with Gasteiger partial charge in [-0.2, -0.15) is 0 Å². The lowest BCUT2D eigenvalue weighted by Gasteiger charge is -2.07. The molecule has 0 atom stereocenters. The van der Waals surface area contributed by atoms with E-state index in [4.69, 9.17) is 4.42 Å². The number of carbonyl (C=O) groups excluding carboxylic acids is 2. The Bertz CT molecular complexity index is 702. The van der Waals surface area contributed by atoms with Crippen molar-refractivity contribution in [3.63, 3.8) is 0 Å². The van der Waals surface area contributed by atoms with Gasteiger partial charge >= 0.3 is 5.97 Å². The van der Waals surface area contributed by atoms with Crippen molar-refractivity contribution in [2.75, 3.05) is 7.11 Å². The molecular formula is C23H30O4. The van der Waals surface area contributed by atoms with Gasteiger partial charge in [0.2, 0.25) is 0 Å². The molecule has 0 radical (unpaired) electrons. The fourth-order valence-corrected chi connectivity index (χ4v) is 3.29. The third-order valence-electron chi connectivity index (χ3n) is 4.83. The number of aldehydes is 1. The van der Waals surface area contributed by atoms with Gasteiger partial charge in [0, 0.05) is 12.0 Å². The molecule has 0 spiro atoms. The number of aryl methyl sites for hydroxylation is 1. The van der Waals surface area contributed by atoms with E-state index in [0.717, 1.165) is 43.3 Å². The molecule has 1 heterocycles. The number of ether oxygens (including phenoxy) is 1. The molecule has 0 aliphatic carbocycles. The first-order valence-corrected chi connectivity index (χ1v) is 9.94. The van der Waals surface area contributed by atoms with Crippen LogP contribution >= 0.6 is 0 Å². The maximum Gasteiger partial charge on any atom is 0.305 e. The Kier molecular flexibility index (Phi) is 9.39. The summed E-state index contributed by atoms with van der Waals surface area (Å²) >= 11 is 0. The summed E-state index contributed by atoms with van der Waals surface area (Å²) in [5.74, 6) is 1.03. The van der Waals surface area contributed by atoms with Gasteiger partial charge < -0.3 is 9.15 Å². The highest BCUT2D eigenvalue weighted by Crippen LogP contribution is 2.26. The molecule has 0 fully saturated rings. The summed E-state index contributed by atoms with van der Waals surface area (Å²) in [7, 11) is 1.44. The van der Waals surface area contributed by atoms with Gasteiger partial charge in [0.25, 0.3) is 0 Å². The van der Waals surface area contributed by atoms with Gasteiger partial charge in [-0.1, -0.05) is 62.8 Å². The summed E-state index contributed by atoms with van der Waals surface area (Å²) in [5, 5.41) is 0. The van der Waals surface area contributed by atoms with Crippen LogP contribution in [0.3, 0.4) is 0 Å². The molecular weight excluding hydrogens is 340 g/mol. The Morgan fingerprint density at radius 1 is 0.926 bits per heavy atom. The average Bonchev–Trinajstić information content (AvgIpc) is 3.18. The fraction of sp³-hybridized carbons (Fsp3) is 0.478. The molecule has 146 valence electrons. The topological polar surface area (TPSA) is 56.5 Å². The van der Waals surface area contributed by atoms with Crippen LogP contribution < -0.4 is 0 Å². The number of hydrogen-bond acceptors (Lipinski definition) is 4. The monoisotopic (exact) mass is 370 g/mol. The quantitative estimate of drug-likeness (QED) is 0.247. The number of rotatable bonds is 13. The Labute approximate surface area is 161 Å². The summed E-state index contributed by atoms with van der Waals surface area (Å²) in [5.41, 5.74) is 2.35. The van der Waals surface area contributed by atoms with Crippen LogP contribution in [0.2, 0.25) is 0 Å². The zero-order valence-corrected chi connectivity index (χ0v) is 16.2. The van der Waals surface area contributed by atoms with Gasteiger partial charge in [0.05, 0.1) is 7.11 Å². The SMILES string of the molecule is COC(=O)CCCCCCCCCCc1ccccc1-c1ccc(C=O)o1. The predicted molar refractivity (Wildman–Crippen MR) is 107 cm³/mol. The third kappa shape index (κ3) is 7.41. The van der Waals surface area contributed by atoms with Gasteiger partial charge in [-0.15, -0.1) is 0 Å². The molecule has 0 aliphatic rings. The van der Waals surface area contributed by atoms with Crippen LogP contribution in [-0.2, 0) is 16.0 Å². The highest BCUT2D eigenvalue weighted by atomic mass is 16.5. The third-order valence-corrected chi connectivity index (χ3v) is 4.83. The van der Waals surface area contributed by atoms with Crippen LogP contribution in [0, 0.1) is 0 Å². The maximum absolute atomic E-state index is 11.0. The number of esters is 1. The minimum absolute atomic E-state index is 0.104. The highest BCUT2D eigenvalue weighted by molar-refractivity contribution is 5.73. The Morgan fingerprint density at radius 2 is 1.59 bits per heavy atom. The first-order valence-electron chi connectivity index (χ1n) is 9.94. The minimum Gasteiger partial charge on any atom is -0.469 e. The van der Waals surface area contributed by atoms with Crippen molar-refractivity contribution in [1.29, 1.82) is 0 Å². The van der Waals surface area contributed by atoms with E-state index in [1.807, 2.05) is 12.1 Å². The second-order valence-electron chi connectivity index (χ2n) is 6.88. The van der Waals surface area contributed by atoms with Gasteiger partial charge in [-0.3, -0.25) is 9.59 Å². The Balaban J connectivity index is 1.62. The van der Waals surface area contributed by atoms with Gasteiger partial charge in [-0.05, 0) is 37.0 Å². The average molecular weight is 370 g/mol. The van der Waals surface area contributed by atoms with Gasteiger partial charge in [-0.25, -0.2) is 0 Å². The second kappa shape index (κ2) is 12.1. The summed E-state index contributed by atoms with van der Waals surface area (Å²) in [6.45, 7) is 0. The van der Waals surface area contributed by atoms with Crippen LogP contribution in [-0.4, -0.2) is 19.4 Å². The number of hydrogen-bond donors (Lipinski definition) is 0. The van der Waals surface area contributed by atoms with Crippen LogP contribution in [0.5, 0.6) is 0 Å². The van der Waals surface area contributed by atoms with Crippen LogP contribution in [0.25, 0.3) is 11.3 Å². The van der Waals surface area contributed by atoms with Crippen molar-refractivity contribution < 1.29 is 18.7 Å². The second-order valence-corrected chi connectivity index (χ2v) is 6.88. The van der Waals surface area contributed by atoms with Crippen molar-refractivity contribution >= 4 is 12.3 Å². The standard InChI is InChI=1S/C23H30O4/c1-26-23(25)15-9-7-5-3-2-4-6-8-12-19-13-10-11-14-21(19)22-17-16-20(18-24)27-22/h10-11,13-14,16-18H,2-9,12,15H2,1H3. The summed E-state index contributed by atoms with van der Waals surface area (Å²) in [6, 6.07) is 11.8. The highest BCUT2D eigenvalue weighted by Gasteiger charge is 2.09. The Morgan fingerprint density at radius 3 is 2.26 bits per heavy atom. The molecule has 1 aromatic heterocycles. The van der Waals surface area contributed by atoms with Gasteiger partial charge in [0.1, 0.15) is 5.76 Å².